The number of halogens is 1. The minimum atomic E-state index is 0.452. The lowest BCUT2D eigenvalue weighted by Crippen LogP contribution is -2.31. The molecule has 0 aliphatic carbocycles. The van der Waals surface area contributed by atoms with Gasteiger partial charge in [-0.25, -0.2) is 0 Å². The van der Waals surface area contributed by atoms with E-state index in [0.717, 1.165) is 30.9 Å². The van der Waals surface area contributed by atoms with Crippen molar-refractivity contribution in [3.63, 3.8) is 0 Å². The average molecular weight is 308 g/mol. The predicted octanol–water partition coefficient (Wildman–Crippen LogP) is 2.94. The van der Waals surface area contributed by atoms with Gasteiger partial charge in [-0.05, 0) is 50.0 Å². The Kier molecular flexibility index (Phi) is 4.41. The SMILES string of the molecule is COc1ccc(Cl)cc1-c1nc(CC2CCCNC2)no1. The van der Waals surface area contributed by atoms with Crippen LogP contribution in [0.3, 0.4) is 0 Å². The Hall–Kier alpha value is -1.59. The molecule has 0 saturated carbocycles. The van der Waals surface area contributed by atoms with Crippen molar-refractivity contribution < 1.29 is 9.26 Å². The van der Waals surface area contributed by atoms with Crippen molar-refractivity contribution in [2.24, 2.45) is 5.92 Å². The van der Waals surface area contributed by atoms with Crippen molar-refractivity contribution in [3.8, 4) is 17.2 Å². The molecule has 1 saturated heterocycles. The Labute approximate surface area is 128 Å². The summed E-state index contributed by atoms with van der Waals surface area (Å²) in [5.74, 6) is 2.44. The molecule has 1 unspecified atom stereocenters. The van der Waals surface area contributed by atoms with Gasteiger partial charge in [0.05, 0.1) is 12.7 Å². The Morgan fingerprint density at radius 3 is 3.14 bits per heavy atom. The van der Waals surface area contributed by atoms with Crippen LogP contribution in [0, 0.1) is 5.92 Å². The molecule has 0 radical (unpaired) electrons. The molecule has 1 aromatic heterocycles. The van der Waals surface area contributed by atoms with E-state index in [2.05, 4.69) is 15.5 Å². The summed E-state index contributed by atoms with van der Waals surface area (Å²) >= 11 is 6.03. The van der Waals surface area contributed by atoms with Gasteiger partial charge in [0.25, 0.3) is 5.89 Å². The number of ether oxygens (including phenoxy) is 1. The molecule has 0 spiro atoms. The Bertz CT molecular complexity index is 609. The standard InChI is InChI=1S/C15H18ClN3O2/c1-20-13-5-4-11(16)8-12(13)15-18-14(19-21-15)7-10-3-2-6-17-9-10/h4-5,8,10,17H,2-3,6-7,9H2,1H3. The molecule has 0 amide bonds. The molecule has 2 heterocycles. The quantitative estimate of drug-likeness (QED) is 0.941. The fourth-order valence-corrected chi connectivity index (χ4v) is 2.82. The van der Waals surface area contributed by atoms with E-state index in [0.29, 0.717) is 22.6 Å². The van der Waals surface area contributed by atoms with Crippen LogP contribution in [0.2, 0.25) is 5.02 Å². The zero-order valence-corrected chi connectivity index (χ0v) is 12.7. The van der Waals surface area contributed by atoms with Crippen LogP contribution in [0.15, 0.2) is 22.7 Å². The summed E-state index contributed by atoms with van der Waals surface area (Å²) in [7, 11) is 1.61. The first-order valence-electron chi connectivity index (χ1n) is 7.13. The highest BCUT2D eigenvalue weighted by Gasteiger charge is 2.19. The summed E-state index contributed by atoms with van der Waals surface area (Å²) in [5, 5.41) is 8.09. The van der Waals surface area contributed by atoms with Crippen LogP contribution in [-0.4, -0.2) is 30.3 Å². The summed E-state index contributed by atoms with van der Waals surface area (Å²) < 4.78 is 10.7. The minimum Gasteiger partial charge on any atom is -0.496 e. The number of hydrogen-bond donors (Lipinski definition) is 1. The van der Waals surface area contributed by atoms with Gasteiger partial charge in [0.2, 0.25) is 0 Å². The highest BCUT2D eigenvalue weighted by molar-refractivity contribution is 6.30. The van der Waals surface area contributed by atoms with Gasteiger partial charge >= 0.3 is 0 Å². The van der Waals surface area contributed by atoms with Crippen molar-refractivity contribution in [2.45, 2.75) is 19.3 Å². The predicted molar refractivity (Wildman–Crippen MR) is 80.6 cm³/mol. The molecule has 1 atom stereocenters. The van der Waals surface area contributed by atoms with Gasteiger partial charge in [-0.15, -0.1) is 0 Å². The zero-order chi connectivity index (χ0) is 14.7. The van der Waals surface area contributed by atoms with Crippen LogP contribution >= 0.6 is 11.6 Å². The van der Waals surface area contributed by atoms with Crippen LogP contribution in [0.25, 0.3) is 11.5 Å². The van der Waals surface area contributed by atoms with Gasteiger partial charge in [0, 0.05) is 11.4 Å². The topological polar surface area (TPSA) is 60.2 Å². The van der Waals surface area contributed by atoms with Gasteiger partial charge < -0.3 is 14.6 Å². The highest BCUT2D eigenvalue weighted by Crippen LogP contribution is 2.31. The largest absolute Gasteiger partial charge is 0.496 e. The van der Waals surface area contributed by atoms with E-state index in [1.54, 1.807) is 25.3 Å². The number of rotatable bonds is 4. The van der Waals surface area contributed by atoms with Crippen LogP contribution in [0.4, 0.5) is 0 Å². The molecule has 1 aliphatic rings. The third-order valence-corrected chi connectivity index (χ3v) is 3.97. The Balaban J connectivity index is 1.79. The fraction of sp³-hybridized carbons (Fsp3) is 0.467. The number of methoxy groups -OCH3 is 1. The average Bonchev–Trinajstić information content (AvgIpc) is 2.96. The number of benzene rings is 1. The number of nitrogens with zero attached hydrogens (tertiary/aromatic N) is 2. The first-order valence-corrected chi connectivity index (χ1v) is 7.51. The number of nitrogens with one attached hydrogen (secondary N) is 1. The van der Waals surface area contributed by atoms with Gasteiger partial charge in [-0.2, -0.15) is 4.98 Å². The molecule has 2 aromatic rings. The van der Waals surface area contributed by atoms with Gasteiger partial charge in [0.15, 0.2) is 5.82 Å². The van der Waals surface area contributed by atoms with E-state index >= 15 is 0 Å². The second-order valence-corrected chi connectivity index (χ2v) is 5.71. The minimum absolute atomic E-state index is 0.452. The molecular formula is C15H18ClN3O2. The molecule has 0 bridgehead atoms. The number of hydrogen-bond acceptors (Lipinski definition) is 5. The van der Waals surface area contributed by atoms with Crippen molar-refractivity contribution in [1.82, 2.24) is 15.5 Å². The molecule has 1 N–H and O–H groups in total. The van der Waals surface area contributed by atoms with Gasteiger partial charge in [-0.3, -0.25) is 0 Å². The molecule has 1 fully saturated rings. The van der Waals surface area contributed by atoms with E-state index in [1.165, 1.54) is 12.8 Å². The molecule has 1 aliphatic heterocycles. The van der Waals surface area contributed by atoms with E-state index in [-0.39, 0.29) is 0 Å². The smallest absolute Gasteiger partial charge is 0.261 e. The molecule has 6 heteroatoms. The third-order valence-electron chi connectivity index (χ3n) is 3.73. The Morgan fingerprint density at radius 2 is 2.38 bits per heavy atom. The lowest BCUT2D eigenvalue weighted by molar-refractivity contribution is 0.359. The molecule has 5 nitrogen and oxygen atoms in total. The number of aromatic nitrogens is 2. The molecular weight excluding hydrogens is 290 g/mol. The van der Waals surface area contributed by atoms with Crippen molar-refractivity contribution >= 4 is 11.6 Å². The Morgan fingerprint density at radius 1 is 1.48 bits per heavy atom. The first kappa shape index (κ1) is 14.4. The molecule has 21 heavy (non-hydrogen) atoms. The second kappa shape index (κ2) is 6.45. The van der Waals surface area contributed by atoms with Crippen LogP contribution in [0.5, 0.6) is 5.75 Å². The normalized spacial score (nSPS) is 18.7. The monoisotopic (exact) mass is 307 g/mol. The van der Waals surface area contributed by atoms with Crippen LogP contribution < -0.4 is 10.1 Å². The first-order chi connectivity index (χ1) is 10.3. The summed E-state index contributed by atoms with van der Waals surface area (Å²) in [6.07, 6.45) is 3.24. The van der Waals surface area contributed by atoms with E-state index < -0.39 is 0 Å². The third kappa shape index (κ3) is 3.36. The maximum Gasteiger partial charge on any atom is 0.261 e. The maximum atomic E-state index is 6.03. The lowest BCUT2D eigenvalue weighted by Gasteiger charge is -2.20. The summed E-state index contributed by atoms with van der Waals surface area (Å²) in [6, 6.07) is 5.35. The van der Waals surface area contributed by atoms with Crippen molar-refractivity contribution in [2.75, 3.05) is 20.2 Å². The van der Waals surface area contributed by atoms with Crippen LogP contribution in [0.1, 0.15) is 18.7 Å². The van der Waals surface area contributed by atoms with Crippen molar-refractivity contribution in [1.29, 1.82) is 0 Å². The van der Waals surface area contributed by atoms with Crippen molar-refractivity contribution in [3.05, 3.63) is 29.0 Å². The van der Waals surface area contributed by atoms with Gasteiger partial charge in [0.1, 0.15) is 5.75 Å². The maximum absolute atomic E-state index is 6.03. The second-order valence-electron chi connectivity index (χ2n) is 5.28. The molecule has 112 valence electrons. The van der Waals surface area contributed by atoms with E-state index in [4.69, 9.17) is 20.9 Å². The summed E-state index contributed by atoms with van der Waals surface area (Å²) in [5.41, 5.74) is 0.727. The number of piperidine rings is 1. The summed E-state index contributed by atoms with van der Waals surface area (Å²) in [4.78, 5) is 4.48. The molecule has 1 aromatic carbocycles. The fourth-order valence-electron chi connectivity index (χ4n) is 2.65. The van der Waals surface area contributed by atoms with E-state index in [9.17, 15) is 0 Å². The zero-order valence-electron chi connectivity index (χ0n) is 11.9. The molecule has 3 rings (SSSR count). The van der Waals surface area contributed by atoms with E-state index in [1.807, 2.05) is 0 Å². The lowest BCUT2D eigenvalue weighted by atomic mass is 9.96. The summed E-state index contributed by atoms with van der Waals surface area (Å²) in [6.45, 7) is 2.12. The highest BCUT2D eigenvalue weighted by atomic mass is 35.5. The van der Waals surface area contributed by atoms with Crippen LogP contribution in [-0.2, 0) is 6.42 Å². The van der Waals surface area contributed by atoms with Gasteiger partial charge in [-0.1, -0.05) is 16.8 Å².